The Morgan fingerprint density at radius 2 is 0.600 bits per heavy atom. The minimum absolute atomic E-state index is 0.104. The lowest BCUT2D eigenvalue weighted by atomic mass is 10.0. The Morgan fingerprint density at radius 1 is 0.293 bits per heavy atom. The first-order valence-corrected chi connectivity index (χ1v) is 30.0. The predicted octanol–water partition coefficient (Wildman–Crippen LogP) is 20.5. The molecule has 0 saturated heterocycles. The molecule has 0 saturated carbocycles. The van der Waals surface area contributed by atoms with Gasteiger partial charge >= 0.3 is 17.9 Å². The van der Waals surface area contributed by atoms with E-state index in [-0.39, 0.29) is 32.0 Å². The van der Waals surface area contributed by atoms with Gasteiger partial charge in [-0.2, -0.15) is 0 Å². The summed E-state index contributed by atoms with van der Waals surface area (Å²) in [6, 6.07) is 0. The van der Waals surface area contributed by atoms with Gasteiger partial charge in [0.1, 0.15) is 13.2 Å². The zero-order chi connectivity index (χ0) is 54.3. The highest BCUT2D eigenvalue weighted by Gasteiger charge is 2.19. The molecule has 6 heteroatoms. The number of unbranched alkanes of at least 4 members (excludes halogenated alkanes) is 16. The fraction of sp³-hybridized carbons (Fsp3) is 0.580. The minimum Gasteiger partial charge on any atom is -0.462 e. The number of carbonyl (C=O) groups is 3. The van der Waals surface area contributed by atoms with E-state index in [4.69, 9.17) is 14.2 Å². The van der Waals surface area contributed by atoms with Crippen LogP contribution >= 0.6 is 0 Å². The lowest BCUT2D eigenvalue weighted by molar-refractivity contribution is -0.166. The highest BCUT2D eigenvalue weighted by atomic mass is 16.6. The Bertz CT molecular complexity index is 1710. The van der Waals surface area contributed by atoms with E-state index >= 15 is 0 Å². The summed E-state index contributed by atoms with van der Waals surface area (Å²) in [5.41, 5.74) is 0. The van der Waals surface area contributed by atoms with Gasteiger partial charge in [0.25, 0.3) is 0 Å². The number of rotatable bonds is 52. The van der Waals surface area contributed by atoms with E-state index in [0.717, 1.165) is 89.9 Å². The summed E-state index contributed by atoms with van der Waals surface area (Å²) in [7, 11) is 0. The molecule has 0 aliphatic carbocycles. The highest BCUT2D eigenvalue weighted by Crippen LogP contribution is 2.14. The van der Waals surface area contributed by atoms with Crippen molar-refractivity contribution < 1.29 is 28.6 Å². The normalized spacial score (nSPS) is 13.3. The van der Waals surface area contributed by atoms with Crippen molar-refractivity contribution in [3.8, 4) is 0 Å². The predicted molar refractivity (Wildman–Crippen MR) is 325 cm³/mol. The maximum absolute atomic E-state index is 12.8. The van der Waals surface area contributed by atoms with Gasteiger partial charge in [0, 0.05) is 12.8 Å². The maximum atomic E-state index is 12.8. The molecule has 0 aromatic heterocycles. The van der Waals surface area contributed by atoms with E-state index in [0.29, 0.717) is 19.3 Å². The molecule has 420 valence electrons. The van der Waals surface area contributed by atoms with E-state index < -0.39 is 18.0 Å². The standard InChI is InChI=1S/C69H108O6/c1-4-7-10-13-16-19-22-25-28-30-32-33-34-35-37-38-41-44-47-50-53-56-59-62-68(71)74-65-66(64-73-67(70)61-58-55-52-49-46-43-40-27-24-21-18-15-12-9-6-3)75-69(72)63-60-57-54-51-48-45-42-39-36-31-29-26-23-20-17-14-11-8-5-2/h8-9,11-12,17-18,20-22,25-27,29-30,32,36,39-40,45-46,48-49,54-55,57-58,66H,4-7,10,13-16,19,23-24,28,31,33-35,37-38,41-44,47,50-53,56,59-65H2,1-3H3/b11-8-,12-9-,20-17-,21-18-,25-22-,29-26-,32-30-,39-36-,40-27-,48-45-,49-46-,57-54-,58-55-. The van der Waals surface area contributed by atoms with Crippen LogP contribution in [0.3, 0.4) is 0 Å². The molecule has 1 atom stereocenters. The Kier molecular flexibility index (Phi) is 57.5. The Hall–Kier alpha value is -4.97. The van der Waals surface area contributed by atoms with Crippen molar-refractivity contribution in [2.24, 2.45) is 0 Å². The summed E-state index contributed by atoms with van der Waals surface area (Å²) >= 11 is 0. The van der Waals surface area contributed by atoms with E-state index in [9.17, 15) is 14.4 Å². The monoisotopic (exact) mass is 1030 g/mol. The lowest BCUT2D eigenvalue weighted by Gasteiger charge is -2.18. The van der Waals surface area contributed by atoms with Crippen LogP contribution in [0.25, 0.3) is 0 Å². The summed E-state index contributed by atoms with van der Waals surface area (Å²) in [6.07, 6.45) is 89.9. The Labute approximate surface area is 460 Å². The largest absolute Gasteiger partial charge is 0.462 e. The first-order chi connectivity index (χ1) is 37.0. The lowest BCUT2D eigenvalue weighted by Crippen LogP contribution is -2.30. The second kappa shape index (κ2) is 61.6. The quantitative estimate of drug-likeness (QED) is 0.0261. The average Bonchev–Trinajstić information content (AvgIpc) is 3.41. The van der Waals surface area contributed by atoms with Crippen LogP contribution < -0.4 is 0 Å². The Morgan fingerprint density at radius 3 is 0.987 bits per heavy atom. The summed E-state index contributed by atoms with van der Waals surface area (Å²) < 4.78 is 16.7. The van der Waals surface area contributed by atoms with Crippen LogP contribution in [0.4, 0.5) is 0 Å². The molecule has 0 spiro atoms. The van der Waals surface area contributed by atoms with Crippen molar-refractivity contribution in [2.45, 2.75) is 245 Å². The van der Waals surface area contributed by atoms with Gasteiger partial charge in [0.15, 0.2) is 6.10 Å². The van der Waals surface area contributed by atoms with Gasteiger partial charge in [0.05, 0.1) is 6.42 Å². The average molecular weight is 1030 g/mol. The smallest absolute Gasteiger partial charge is 0.309 e. The summed E-state index contributed by atoms with van der Waals surface area (Å²) in [4.78, 5) is 38.1. The van der Waals surface area contributed by atoms with E-state index in [1.807, 2.05) is 18.2 Å². The van der Waals surface area contributed by atoms with Gasteiger partial charge in [-0.15, -0.1) is 0 Å². The molecular formula is C69H108O6. The molecule has 0 heterocycles. The third-order valence-electron chi connectivity index (χ3n) is 12.0. The van der Waals surface area contributed by atoms with Gasteiger partial charge < -0.3 is 14.2 Å². The van der Waals surface area contributed by atoms with Gasteiger partial charge in [-0.25, -0.2) is 0 Å². The zero-order valence-corrected chi connectivity index (χ0v) is 48.0. The molecule has 0 amide bonds. The maximum Gasteiger partial charge on any atom is 0.309 e. The van der Waals surface area contributed by atoms with Crippen LogP contribution in [-0.2, 0) is 28.6 Å². The molecule has 0 N–H and O–H groups in total. The van der Waals surface area contributed by atoms with E-state index in [1.54, 1.807) is 6.08 Å². The molecule has 0 rings (SSSR count). The van der Waals surface area contributed by atoms with Crippen molar-refractivity contribution in [1.82, 2.24) is 0 Å². The van der Waals surface area contributed by atoms with Gasteiger partial charge in [-0.3, -0.25) is 14.4 Å². The van der Waals surface area contributed by atoms with Crippen LogP contribution in [0.15, 0.2) is 158 Å². The molecule has 0 aliphatic rings. The molecule has 1 unspecified atom stereocenters. The molecule has 0 fully saturated rings. The second-order valence-corrected chi connectivity index (χ2v) is 19.2. The molecule has 75 heavy (non-hydrogen) atoms. The van der Waals surface area contributed by atoms with Crippen LogP contribution in [-0.4, -0.2) is 37.2 Å². The van der Waals surface area contributed by atoms with Crippen molar-refractivity contribution >= 4 is 17.9 Å². The molecule has 6 nitrogen and oxygen atoms in total. The molecule has 0 radical (unpaired) electrons. The fourth-order valence-electron chi connectivity index (χ4n) is 7.63. The molecular weight excluding hydrogens is 925 g/mol. The topological polar surface area (TPSA) is 78.9 Å². The molecule has 0 aliphatic heterocycles. The zero-order valence-electron chi connectivity index (χ0n) is 48.0. The van der Waals surface area contributed by atoms with Crippen LogP contribution in [0.5, 0.6) is 0 Å². The van der Waals surface area contributed by atoms with E-state index in [1.165, 1.54) is 96.3 Å². The number of carbonyl (C=O) groups excluding carboxylic acids is 3. The molecule has 0 aromatic carbocycles. The highest BCUT2D eigenvalue weighted by molar-refractivity contribution is 5.72. The summed E-state index contributed by atoms with van der Waals surface area (Å²) in [5, 5.41) is 0. The third-order valence-corrected chi connectivity index (χ3v) is 12.0. The minimum atomic E-state index is -0.868. The van der Waals surface area contributed by atoms with Gasteiger partial charge in [-0.05, 0) is 116 Å². The fourth-order valence-corrected chi connectivity index (χ4v) is 7.63. The van der Waals surface area contributed by atoms with Crippen molar-refractivity contribution in [3.63, 3.8) is 0 Å². The molecule has 0 aromatic rings. The number of hydrogen-bond donors (Lipinski definition) is 0. The van der Waals surface area contributed by atoms with E-state index in [2.05, 4.69) is 154 Å². The number of ether oxygens (including phenoxy) is 3. The summed E-state index contributed by atoms with van der Waals surface area (Å²) in [5.74, 6) is -1.17. The second-order valence-electron chi connectivity index (χ2n) is 19.2. The third kappa shape index (κ3) is 59.8. The van der Waals surface area contributed by atoms with Crippen LogP contribution in [0.2, 0.25) is 0 Å². The SMILES string of the molecule is CC/C=C\C/C=C\C/C=C\C/C=C\C/C=C\C/C=C\CCC(=O)OC(COC(=O)C/C=C\C/C=C\C/C=C\C/C=C\C/C=C\CC)COC(=O)CCCCCCCCCCCCC/C=C\C/C=C\CCCCCCC. The first kappa shape index (κ1) is 70.0. The number of esters is 3. The number of allylic oxidation sites excluding steroid dienone is 25. The van der Waals surface area contributed by atoms with Gasteiger partial charge in [-0.1, -0.05) is 262 Å². The van der Waals surface area contributed by atoms with Crippen LogP contribution in [0.1, 0.15) is 239 Å². The Balaban J connectivity index is 4.56. The van der Waals surface area contributed by atoms with Crippen LogP contribution in [0, 0.1) is 0 Å². The number of hydrogen-bond acceptors (Lipinski definition) is 6. The van der Waals surface area contributed by atoms with Crippen molar-refractivity contribution in [2.75, 3.05) is 13.2 Å². The van der Waals surface area contributed by atoms with Gasteiger partial charge in [0.2, 0.25) is 0 Å². The summed E-state index contributed by atoms with van der Waals surface area (Å²) in [6.45, 7) is 6.24. The first-order valence-electron chi connectivity index (χ1n) is 30.0. The van der Waals surface area contributed by atoms with Crippen molar-refractivity contribution in [1.29, 1.82) is 0 Å². The van der Waals surface area contributed by atoms with Crippen molar-refractivity contribution in [3.05, 3.63) is 158 Å². The molecule has 0 bridgehead atoms.